The molecule has 2 aromatic carbocycles. The van der Waals surface area contributed by atoms with Crippen LogP contribution in [0.3, 0.4) is 0 Å². The molecule has 2 rings (SSSR count). The van der Waals surface area contributed by atoms with Gasteiger partial charge in [0.15, 0.2) is 0 Å². The summed E-state index contributed by atoms with van der Waals surface area (Å²) >= 11 is 0. The first-order valence-corrected chi connectivity index (χ1v) is 12.4. The average Bonchev–Trinajstić information content (AvgIpc) is 2.64. The van der Waals surface area contributed by atoms with Gasteiger partial charge in [-0.25, -0.2) is 0 Å². The highest BCUT2D eigenvalue weighted by molar-refractivity contribution is 6.99. The maximum Gasteiger partial charge on any atom is 0.261 e. The third-order valence-corrected chi connectivity index (χ3v) is 10.2. The maximum atomic E-state index is 6.88. The van der Waals surface area contributed by atoms with Gasteiger partial charge in [-0.1, -0.05) is 107 Å². The molecule has 2 nitrogen and oxygen atoms in total. The summed E-state index contributed by atoms with van der Waals surface area (Å²) in [4.78, 5) is 0. The van der Waals surface area contributed by atoms with Gasteiger partial charge in [-0.3, -0.25) is 0 Å². The van der Waals surface area contributed by atoms with Gasteiger partial charge in [0.25, 0.3) is 8.32 Å². The summed E-state index contributed by atoms with van der Waals surface area (Å²) in [6, 6.07) is 21.7. The van der Waals surface area contributed by atoms with Gasteiger partial charge in [0.2, 0.25) is 0 Å². The van der Waals surface area contributed by atoms with E-state index in [4.69, 9.17) is 10.2 Å². The van der Waals surface area contributed by atoms with Crippen molar-refractivity contribution in [2.24, 2.45) is 11.7 Å². The predicted octanol–water partition coefficient (Wildman–Crippen LogP) is 4.88. The van der Waals surface area contributed by atoms with Crippen LogP contribution < -0.4 is 16.1 Å². The zero-order valence-electron chi connectivity index (χ0n) is 18.2. The lowest BCUT2D eigenvalue weighted by molar-refractivity contribution is 0.304. The van der Waals surface area contributed by atoms with Crippen molar-refractivity contribution in [3.05, 3.63) is 72.8 Å². The van der Waals surface area contributed by atoms with E-state index in [1.54, 1.807) is 0 Å². The maximum absolute atomic E-state index is 6.88. The highest BCUT2D eigenvalue weighted by Crippen LogP contribution is 2.36. The Hall–Kier alpha value is -1.68. The van der Waals surface area contributed by atoms with E-state index in [1.807, 2.05) is 0 Å². The van der Waals surface area contributed by atoms with E-state index in [1.165, 1.54) is 10.4 Å². The second-order valence-electron chi connectivity index (χ2n) is 9.02. The van der Waals surface area contributed by atoms with Crippen LogP contribution in [0.5, 0.6) is 0 Å². The summed E-state index contributed by atoms with van der Waals surface area (Å²) in [5.41, 5.74) is 6.18. The fraction of sp³-hybridized carbons (Fsp3) is 0.440. The van der Waals surface area contributed by atoms with E-state index in [0.29, 0.717) is 12.5 Å². The molecule has 0 fully saturated rings. The van der Waals surface area contributed by atoms with Crippen LogP contribution in [-0.2, 0) is 4.43 Å². The lowest BCUT2D eigenvalue weighted by Crippen LogP contribution is -2.66. The molecule has 0 heterocycles. The molecule has 2 aromatic rings. The quantitative estimate of drug-likeness (QED) is 0.373. The van der Waals surface area contributed by atoms with E-state index in [0.717, 1.165) is 12.8 Å². The number of rotatable bonds is 9. The minimum atomic E-state index is -2.42. The van der Waals surface area contributed by atoms with Crippen molar-refractivity contribution >= 4 is 18.7 Å². The summed E-state index contributed by atoms with van der Waals surface area (Å²) in [5, 5.41) is 2.68. The van der Waals surface area contributed by atoms with Crippen molar-refractivity contribution in [2.45, 2.75) is 58.5 Å². The minimum Gasteiger partial charge on any atom is -0.407 e. The molecule has 0 aliphatic carbocycles. The number of benzene rings is 2. The first-order valence-electron chi connectivity index (χ1n) is 10.4. The second kappa shape index (κ2) is 10.2. The number of hydrogen-bond acceptors (Lipinski definition) is 2. The third kappa shape index (κ3) is 5.66. The summed E-state index contributed by atoms with van der Waals surface area (Å²) in [6.45, 7) is 12.1. The fourth-order valence-electron chi connectivity index (χ4n) is 3.94. The van der Waals surface area contributed by atoms with Gasteiger partial charge in [0.05, 0.1) is 0 Å². The molecule has 3 heteroatoms. The second-order valence-corrected chi connectivity index (χ2v) is 13.3. The monoisotopic (exact) mass is 395 g/mol. The Balaban J connectivity index is 2.26. The molecule has 0 spiro atoms. The zero-order valence-corrected chi connectivity index (χ0v) is 19.2. The summed E-state index contributed by atoms with van der Waals surface area (Å²) in [5.74, 6) is 0.619. The molecule has 0 saturated carbocycles. The summed E-state index contributed by atoms with van der Waals surface area (Å²) in [6.07, 6.45) is 6.22. The van der Waals surface area contributed by atoms with Crippen LogP contribution in [0, 0.1) is 5.92 Å². The molecule has 0 radical (unpaired) electrons. The average molecular weight is 396 g/mol. The van der Waals surface area contributed by atoms with E-state index in [-0.39, 0.29) is 11.1 Å². The molecule has 0 aromatic heterocycles. The molecule has 0 aliphatic rings. The highest BCUT2D eigenvalue weighted by atomic mass is 28.4. The first kappa shape index (κ1) is 22.6. The van der Waals surface area contributed by atoms with E-state index in [2.05, 4.69) is 107 Å². The van der Waals surface area contributed by atoms with Crippen LogP contribution in [0.15, 0.2) is 72.8 Å². The van der Waals surface area contributed by atoms with Crippen molar-refractivity contribution in [1.82, 2.24) is 0 Å². The largest absolute Gasteiger partial charge is 0.407 e. The van der Waals surface area contributed by atoms with Crippen LogP contribution in [0.2, 0.25) is 5.04 Å². The predicted molar refractivity (Wildman–Crippen MR) is 125 cm³/mol. The fourth-order valence-corrected chi connectivity index (χ4v) is 8.52. The molecule has 152 valence electrons. The van der Waals surface area contributed by atoms with Gasteiger partial charge in [-0.15, -0.1) is 0 Å². The minimum absolute atomic E-state index is 0.0213. The smallest absolute Gasteiger partial charge is 0.261 e. The van der Waals surface area contributed by atoms with Crippen LogP contribution >= 0.6 is 0 Å². The highest BCUT2D eigenvalue weighted by Gasteiger charge is 2.49. The van der Waals surface area contributed by atoms with Crippen LogP contribution in [0.25, 0.3) is 0 Å². The molecule has 0 saturated heterocycles. The SMILES string of the molecule is CC(C)CC(N)/C=C/CCO[Si](c1ccccc1)(c1ccccc1)C(C)(C)C. The van der Waals surface area contributed by atoms with Gasteiger partial charge in [0, 0.05) is 12.6 Å². The molecule has 28 heavy (non-hydrogen) atoms. The molecule has 2 N–H and O–H groups in total. The van der Waals surface area contributed by atoms with Crippen LogP contribution in [0.1, 0.15) is 47.5 Å². The van der Waals surface area contributed by atoms with Crippen LogP contribution in [-0.4, -0.2) is 21.0 Å². The Morgan fingerprint density at radius 1 is 0.929 bits per heavy atom. The molecule has 0 amide bonds. The standard InChI is InChI=1S/C25H37NOSi/c1-21(2)20-22(26)14-12-13-19-27-28(25(3,4)5,23-15-8-6-9-16-23)24-17-10-7-11-18-24/h6-12,14-18,21-22H,13,19-20,26H2,1-5H3/b14-12+. The Kier molecular flexibility index (Phi) is 8.23. The first-order chi connectivity index (χ1) is 13.3. The molecule has 1 atom stereocenters. The molecular weight excluding hydrogens is 358 g/mol. The van der Waals surface area contributed by atoms with Gasteiger partial charge in [0.1, 0.15) is 0 Å². The number of nitrogens with two attached hydrogens (primary N) is 1. The Morgan fingerprint density at radius 3 is 1.86 bits per heavy atom. The number of hydrogen-bond donors (Lipinski definition) is 1. The van der Waals surface area contributed by atoms with Crippen molar-refractivity contribution in [1.29, 1.82) is 0 Å². The van der Waals surface area contributed by atoms with Crippen molar-refractivity contribution in [3.8, 4) is 0 Å². The molecule has 0 aliphatic heterocycles. The third-order valence-electron chi connectivity index (χ3n) is 5.15. The summed E-state index contributed by atoms with van der Waals surface area (Å²) < 4.78 is 6.88. The Bertz CT molecular complexity index is 680. The van der Waals surface area contributed by atoms with Gasteiger partial charge in [-0.05, 0) is 34.2 Å². The van der Waals surface area contributed by atoms with Gasteiger partial charge < -0.3 is 10.2 Å². The molecule has 1 unspecified atom stereocenters. The molecular formula is C25H37NOSi. The van der Waals surface area contributed by atoms with Crippen molar-refractivity contribution in [2.75, 3.05) is 6.61 Å². The topological polar surface area (TPSA) is 35.2 Å². The summed E-state index contributed by atoms with van der Waals surface area (Å²) in [7, 11) is -2.42. The Labute approximate surface area is 173 Å². The van der Waals surface area contributed by atoms with Crippen molar-refractivity contribution < 1.29 is 4.43 Å². The van der Waals surface area contributed by atoms with E-state index >= 15 is 0 Å². The normalized spacial score (nSPS) is 14.0. The lowest BCUT2D eigenvalue weighted by atomic mass is 10.0. The Morgan fingerprint density at radius 2 is 1.43 bits per heavy atom. The van der Waals surface area contributed by atoms with Crippen molar-refractivity contribution in [3.63, 3.8) is 0 Å². The molecule has 0 bridgehead atoms. The van der Waals surface area contributed by atoms with Gasteiger partial charge in [-0.2, -0.15) is 0 Å². The van der Waals surface area contributed by atoms with E-state index in [9.17, 15) is 0 Å². The zero-order chi connectivity index (χ0) is 20.6. The van der Waals surface area contributed by atoms with E-state index < -0.39 is 8.32 Å². The lowest BCUT2D eigenvalue weighted by Gasteiger charge is -2.43. The van der Waals surface area contributed by atoms with Crippen LogP contribution in [0.4, 0.5) is 0 Å². The van der Waals surface area contributed by atoms with Gasteiger partial charge >= 0.3 is 0 Å².